The predicted octanol–water partition coefficient (Wildman–Crippen LogP) is -3.13. The lowest BCUT2D eigenvalue weighted by Gasteiger charge is -2.19. The number of hydrogen-bond donors (Lipinski definition) is 1. The van der Waals surface area contributed by atoms with E-state index in [0.29, 0.717) is 0 Å². The zero-order valence-electron chi connectivity index (χ0n) is 5.94. The van der Waals surface area contributed by atoms with E-state index in [4.69, 9.17) is 5.11 Å². The van der Waals surface area contributed by atoms with Crippen molar-refractivity contribution < 1.29 is 24.9 Å². The Morgan fingerprint density at radius 2 is 1.91 bits per heavy atom. The van der Waals surface area contributed by atoms with Crippen LogP contribution in [0.15, 0.2) is 0 Å². The van der Waals surface area contributed by atoms with E-state index in [9.17, 15) is 19.8 Å². The zero-order chi connectivity index (χ0) is 9.02. The van der Waals surface area contributed by atoms with Crippen LogP contribution in [0.5, 0.6) is 0 Å². The summed E-state index contributed by atoms with van der Waals surface area (Å²) in [4.78, 5) is 19.9. The van der Waals surface area contributed by atoms with Crippen LogP contribution < -0.4 is 10.2 Å². The number of carbonyl (C=O) groups excluding carboxylic acids is 2. The first kappa shape index (κ1) is 9.90. The molecule has 0 saturated carbocycles. The zero-order valence-corrected chi connectivity index (χ0v) is 5.94. The number of carboxylic acid groups (broad SMARTS) is 2. The first-order valence-corrected chi connectivity index (χ1v) is 3.04. The molecule has 0 saturated heterocycles. The van der Waals surface area contributed by atoms with E-state index in [1.165, 1.54) is 6.92 Å². The second kappa shape index (κ2) is 3.92. The van der Waals surface area contributed by atoms with Gasteiger partial charge < -0.3 is 24.9 Å². The van der Waals surface area contributed by atoms with Crippen LogP contribution in [-0.4, -0.2) is 23.1 Å². The third-order valence-corrected chi connectivity index (χ3v) is 1.32. The minimum atomic E-state index is -1.48. The molecule has 2 atom stereocenters. The first-order chi connectivity index (χ1) is 4.95. The third kappa shape index (κ3) is 3.57. The highest BCUT2D eigenvalue weighted by Gasteiger charge is 2.14. The van der Waals surface area contributed by atoms with Crippen molar-refractivity contribution >= 4 is 11.9 Å². The lowest BCUT2D eigenvalue weighted by atomic mass is 10.0. The summed E-state index contributed by atoms with van der Waals surface area (Å²) in [5.41, 5.74) is 0. The summed E-state index contributed by atoms with van der Waals surface area (Å²) in [5.74, 6) is -4.14. The maximum atomic E-state index is 10.0. The van der Waals surface area contributed by atoms with Gasteiger partial charge in [-0.15, -0.1) is 0 Å². The van der Waals surface area contributed by atoms with E-state index >= 15 is 0 Å². The van der Waals surface area contributed by atoms with Gasteiger partial charge >= 0.3 is 0 Å². The van der Waals surface area contributed by atoms with Crippen LogP contribution >= 0.6 is 0 Å². The molecule has 0 aromatic heterocycles. The van der Waals surface area contributed by atoms with E-state index in [0.717, 1.165) is 0 Å². The third-order valence-electron chi connectivity index (χ3n) is 1.32. The Balaban J connectivity index is 3.92. The summed E-state index contributed by atoms with van der Waals surface area (Å²) in [6, 6.07) is 0. The van der Waals surface area contributed by atoms with Gasteiger partial charge in [-0.2, -0.15) is 0 Å². The summed E-state index contributed by atoms with van der Waals surface area (Å²) in [7, 11) is 0. The van der Waals surface area contributed by atoms with Crippen LogP contribution in [0, 0.1) is 5.92 Å². The highest BCUT2D eigenvalue weighted by molar-refractivity contribution is 5.70. The molecule has 1 N–H and O–H groups in total. The van der Waals surface area contributed by atoms with Crippen molar-refractivity contribution in [3.05, 3.63) is 0 Å². The van der Waals surface area contributed by atoms with Crippen LogP contribution in [0.25, 0.3) is 0 Å². The summed E-state index contributed by atoms with van der Waals surface area (Å²) in [6.45, 7) is 1.17. The van der Waals surface area contributed by atoms with Gasteiger partial charge in [0.05, 0.1) is 6.10 Å². The fraction of sp³-hybridized carbons (Fsp3) is 0.667. The van der Waals surface area contributed by atoms with Crippen molar-refractivity contribution in [1.29, 1.82) is 0 Å². The number of rotatable bonds is 4. The SMILES string of the molecule is CC(C(=O)[O-])C(O)CC(=O)[O-]. The molecule has 0 spiro atoms. The van der Waals surface area contributed by atoms with Crippen molar-refractivity contribution in [3.63, 3.8) is 0 Å². The van der Waals surface area contributed by atoms with Crippen LogP contribution in [0.1, 0.15) is 13.3 Å². The van der Waals surface area contributed by atoms with Gasteiger partial charge in [0, 0.05) is 24.3 Å². The number of aliphatic hydroxyl groups is 1. The molecular formula is C6H8O5-2. The molecule has 5 heteroatoms. The van der Waals surface area contributed by atoms with Crippen molar-refractivity contribution in [1.82, 2.24) is 0 Å². The fourth-order valence-electron chi connectivity index (χ4n) is 0.505. The van der Waals surface area contributed by atoms with Gasteiger partial charge in [-0.1, -0.05) is 6.92 Å². The van der Waals surface area contributed by atoms with E-state index in [1.807, 2.05) is 0 Å². The van der Waals surface area contributed by atoms with E-state index in [1.54, 1.807) is 0 Å². The van der Waals surface area contributed by atoms with Crippen LogP contribution in [-0.2, 0) is 9.59 Å². The van der Waals surface area contributed by atoms with Gasteiger partial charge in [0.1, 0.15) is 0 Å². The summed E-state index contributed by atoms with van der Waals surface area (Å²) >= 11 is 0. The minimum absolute atomic E-state index is 0.685. The molecule has 0 aliphatic rings. The van der Waals surface area contributed by atoms with Crippen LogP contribution in [0.2, 0.25) is 0 Å². The largest absolute Gasteiger partial charge is 0.550 e. The Bertz CT molecular complexity index is 164. The Hall–Kier alpha value is -1.10. The molecule has 0 amide bonds. The van der Waals surface area contributed by atoms with Crippen molar-refractivity contribution in [3.8, 4) is 0 Å². The molecule has 0 rings (SSSR count). The molecule has 0 heterocycles. The molecule has 0 aliphatic heterocycles. The molecule has 11 heavy (non-hydrogen) atoms. The van der Waals surface area contributed by atoms with Crippen LogP contribution in [0.3, 0.4) is 0 Å². The summed E-state index contributed by atoms with van der Waals surface area (Å²) in [5, 5.41) is 28.7. The van der Waals surface area contributed by atoms with Crippen molar-refractivity contribution in [2.75, 3.05) is 0 Å². The number of aliphatic carboxylic acids is 2. The molecule has 0 radical (unpaired) electrons. The molecular weight excluding hydrogens is 152 g/mol. The van der Waals surface area contributed by atoms with E-state index in [-0.39, 0.29) is 0 Å². The lowest BCUT2D eigenvalue weighted by Crippen LogP contribution is -2.39. The van der Waals surface area contributed by atoms with Crippen molar-refractivity contribution in [2.45, 2.75) is 19.4 Å². The quantitative estimate of drug-likeness (QED) is 0.468. The molecule has 0 aromatic carbocycles. The van der Waals surface area contributed by atoms with Crippen molar-refractivity contribution in [2.24, 2.45) is 5.92 Å². The standard InChI is InChI=1S/C6H10O5/c1-3(6(10)11)4(7)2-5(8)9/h3-4,7H,2H2,1H3,(H,8,9)(H,10,11)/p-2. The van der Waals surface area contributed by atoms with Gasteiger partial charge in [-0.25, -0.2) is 0 Å². The number of aliphatic hydroxyl groups excluding tert-OH is 1. The Kier molecular flexibility index (Phi) is 3.53. The molecule has 64 valence electrons. The molecule has 0 aliphatic carbocycles. The van der Waals surface area contributed by atoms with Gasteiger partial charge in [-0.05, 0) is 0 Å². The normalized spacial score (nSPS) is 15.5. The highest BCUT2D eigenvalue weighted by Crippen LogP contribution is 2.04. The first-order valence-electron chi connectivity index (χ1n) is 3.04. The molecule has 5 nitrogen and oxygen atoms in total. The topological polar surface area (TPSA) is 100 Å². The number of carboxylic acids is 2. The monoisotopic (exact) mass is 160 g/mol. The Morgan fingerprint density at radius 3 is 2.18 bits per heavy atom. The van der Waals surface area contributed by atoms with E-state index < -0.39 is 30.4 Å². The highest BCUT2D eigenvalue weighted by atomic mass is 16.4. The van der Waals surface area contributed by atoms with Gasteiger partial charge in [0.2, 0.25) is 0 Å². The Labute approximate surface area is 63.3 Å². The minimum Gasteiger partial charge on any atom is -0.550 e. The average Bonchev–Trinajstić information content (AvgIpc) is 1.84. The maximum absolute atomic E-state index is 10.0. The second-order valence-corrected chi connectivity index (χ2v) is 2.25. The summed E-state index contributed by atoms with van der Waals surface area (Å²) in [6.07, 6.45) is -2.13. The van der Waals surface area contributed by atoms with Gasteiger partial charge in [0.25, 0.3) is 0 Å². The Morgan fingerprint density at radius 1 is 1.45 bits per heavy atom. The average molecular weight is 160 g/mol. The number of carbonyl (C=O) groups is 2. The predicted molar refractivity (Wildman–Crippen MR) is 29.8 cm³/mol. The maximum Gasteiger partial charge on any atom is 0.0669 e. The lowest BCUT2D eigenvalue weighted by molar-refractivity contribution is -0.316. The molecule has 2 unspecified atom stereocenters. The smallest absolute Gasteiger partial charge is 0.0669 e. The van der Waals surface area contributed by atoms with Gasteiger partial charge in [-0.3, -0.25) is 0 Å². The van der Waals surface area contributed by atoms with Gasteiger partial charge in [0.15, 0.2) is 0 Å². The fourth-order valence-corrected chi connectivity index (χ4v) is 0.505. The van der Waals surface area contributed by atoms with Crippen LogP contribution in [0.4, 0.5) is 0 Å². The molecule has 0 fully saturated rings. The number of hydrogen-bond acceptors (Lipinski definition) is 5. The summed E-state index contributed by atoms with van der Waals surface area (Å²) < 4.78 is 0. The second-order valence-electron chi connectivity index (χ2n) is 2.25. The van der Waals surface area contributed by atoms with E-state index in [2.05, 4.69) is 0 Å². The molecule has 0 aromatic rings. The molecule has 0 bridgehead atoms.